The number of halogens is 3. The molecule has 1 atom stereocenters. The number of nitrogens with zero attached hydrogens (tertiary/aromatic N) is 2. The summed E-state index contributed by atoms with van der Waals surface area (Å²) < 4.78 is 38.0. The molecule has 0 aliphatic carbocycles. The van der Waals surface area contributed by atoms with Crippen LogP contribution in [0.25, 0.3) is 0 Å². The van der Waals surface area contributed by atoms with E-state index in [0.29, 0.717) is 19.0 Å². The van der Waals surface area contributed by atoms with Crippen LogP contribution < -0.4 is 10.6 Å². The van der Waals surface area contributed by atoms with Gasteiger partial charge in [-0.3, -0.25) is 4.79 Å². The van der Waals surface area contributed by atoms with Gasteiger partial charge in [0, 0.05) is 13.1 Å². The Bertz CT molecular complexity index is 501. The zero-order chi connectivity index (χ0) is 14.2. The number of nitrogens with two attached hydrogens (primary N) is 1. The molecule has 1 aromatic heterocycles. The molecule has 2 rings (SSSR count). The molecule has 1 amide bonds. The lowest BCUT2D eigenvalue weighted by Gasteiger charge is -2.20. The SMILES string of the molecule is CC1CCN(c2nc(C(F)(F)F)ccc2C(N)=O)C1. The topological polar surface area (TPSA) is 59.2 Å². The lowest BCUT2D eigenvalue weighted by Crippen LogP contribution is -2.26. The van der Waals surface area contributed by atoms with Gasteiger partial charge in [0.15, 0.2) is 0 Å². The molecule has 0 spiro atoms. The standard InChI is InChI=1S/C12H14F3N3O/c1-7-4-5-18(6-7)11-8(10(16)19)2-3-9(17-11)12(13,14)15/h2-3,7H,4-6H2,1H3,(H2,16,19). The van der Waals surface area contributed by atoms with Crippen LogP contribution in [-0.2, 0) is 6.18 Å². The summed E-state index contributed by atoms with van der Waals surface area (Å²) in [5.41, 5.74) is 4.21. The third-order valence-corrected chi connectivity index (χ3v) is 3.15. The average Bonchev–Trinajstić information content (AvgIpc) is 2.73. The maximum atomic E-state index is 12.7. The minimum Gasteiger partial charge on any atom is -0.365 e. The van der Waals surface area contributed by atoms with E-state index >= 15 is 0 Å². The number of rotatable bonds is 2. The van der Waals surface area contributed by atoms with E-state index in [2.05, 4.69) is 4.98 Å². The number of anilines is 1. The van der Waals surface area contributed by atoms with Crippen LogP contribution in [0.15, 0.2) is 12.1 Å². The third kappa shape index (κ3) is 2.80. The van der Waals surface area contributed by atoms with Crippen molar-refractivity contribution in [2.75, 3.05) is 18.0 Å². The molecule has 0 bridgehead atoms. The largest absolute Gasteiger partial charge is 0.433 e. The lowest BCUT2D eigenvalue weighted by molar-refractivity contribution is -0.141. The molecule has 0 aromatic carbocycles. The number of alkyl halides is 3. The van der Waals surface area contributed by atoms with E-state index < -0.39 is 17.8 Å². The predicted octanol–water partition coefficient (Wildman–Crippen LogP) is 2.05. The van der Waals surface area contributed by atoms with Crippen LogP contribution >= 0.6 is 0 Å². The minimum absolute atomic E-state index is 0.0297. The van der Waals surface area contributed by atoms with Crippen LogP contribution in [0, 0.1) is 5.92 Å². The van der Waals surface area contributed by atoms with Gasteiger partial charge in [-0.2, -0.15) is 13.2 Å². The summed E-state index contributed by atoms with van der Waals surface area (Å²) in [6.45, 7) is 3.15. The normalized spacial score (nSPS) is 19.8. The molecule has 104 valence electrons. The minimum atomic E-state index is -4.53. The summed E-state index contributed by atoms with van der Waals surface area (Å²) in [5, 5.41) is 0. The van der Waals surface area contributed by atoms with Crippen molar-refractivity contribution in [1.82, 2.24) is 4.98 Å². The van der Waals surface area contributed by atoms with Crippen molar-refractivity contribution in [3.8, 4) is 0 Å². The number of carbonyl (C=O) groups excluding carboxylic acids is 1. The quantitative estimate of drug-likeness (QED) is 0.897. The van der Waals surface area contributed by atoms with Crippen molar-refractivity contribution in [2.45, 2.75) is 19.5 Å². The van der Waals surface area contributed by atoms with Crippen LogP contribution in [0.5, 0.6) is 0 Å². The fraction of sp³-hybridized carbons (Fsp3) is 0.500. The number of hydrogen-bond acceptors (Lipinski definition) is 3. The van der Waals surface area contributed by atoms with Crippen molar-refractivity contribution >= 4 is 11.7 Å². The first-order valence-corrected chi connectivity index (χ1v) is 5.92. The second kappa shape index (κ2) is 4.71. The van der Waals surface area contributed by atoms with Crippen molar-refractivity contribution in [3.05, 3.63) is 23.4 Å². The molecule has 1 aliphatic heterocycles. The van der Waals surface area contributed by atoms with Crippen LogP contribution in [0.2, 0.25) is 0 Å². The van der Waals surface area contributed by atoms with Crippen LogP contribution in [0.3, 0.4) is 0 Å². The van der Waals surface area contributed by atoms with E-state index in [1.54, 1.807) is 4.90 Å². The van der Waals surface area contributed by atoms with Gasteiger partial charge < -0.3 is 10.6 Å². The maximum Gasteiger partial charge on any atom is 0.433 e. The Morgan fingerprint density at radius 2 is 2.16 bits per heavy atom. The summed E-state index contributed by atoms with van der Waals surface area (Å²) in [6, 6.07) is 1.87. The molecule has 2 heterocycles. The second-order valence-electron chi connectivity index (χ2n) is 4.77. The summed E-state index contributed by atoms with van der Waals surface area (Å²) >= 11 is 0. The van der Waals surface area contributed by atoms with Crippen molar-refractivity contribution in [2.24, 2.45) is 11.7 Å². The maximum absolute atomic E-state index is 12.7. The monoisotopic (exact) mass is 273 g/mol. The number of amides is 1. The van der Waals surface area contributed by atoms with Gasteiger partial charge in [-0.1, -0.05) is 6.92 Å². The van der Waals surface area contributed by atoms with Gasteiger partial charge in [-0.25, -0.2) is 4.98 Å². The van der Waals surface area contributed by atoms with E-state index in [1.807, 2.05) is 6.92 Å². The van der Waals surface area contributed by atoms with Gasteiger partial charge >= 0.3 is 6.18 Å². The first-order valence-electron chi connectivity index (χ1n) is 5.92. The molecule has 1 unspecified atom stereocenters. The van der Waals surface area contributed by atoms with E-state index in [1.165, 1.54) is 0 Å². The van der Waals surface area contributed by atoms with Crippen molar-refractivity contribution < 1.29 is 18.0 Å². The third-order valence-electron chi connectivity index (χ3n) is 3.15. The van der Waals surface area contributed by atoms with Gasteiger partial charge in [0.25, 0.3) is 5.91 Å². The van der Waals surface area contributed by atoms with Crippen molar-refractivity contribution in [1.29, 1.82) is 0 Å². The molecule has 2 N–H and O–H groups in total. The molecule has 1 aliphatic rings. The van der Waals surface area contributed by atoms with Gasteiger partial charge in [-0.15, -0.1) is 0 Å². The predicted molar refractivity (Wildman–Crippen MR) is 63.8 cm³/mol. The fourth-order valence-electron chi connectivity index (χ4n) is 2.17. The molecule has 1 aromatic rings. The first-order chi connectivity index (χ1) is 8.79. The molecular weight excluding hydrogens is 259 g/mol. The number of primary amides is 1. The van der Waals surface area contributed by atoms with E-state index in [9.17, 15) is 18.0 Å². The summed E-state index contributed by atoms with van der Waals surface area (Å²) in [7, 11) is 0. The van der Waals surface area contributed by atoms with Crippen LogP contribution in [0.4, 0.5) is 19.0 Å². The molecule has 1 saturated heterocycles. The van der Waals surface area contributed by atoms with E-state index in [-0.39, 0.29) is 11.4 Å². The number of aromatic nitrogens is 1. The summed E-state index contributed by atoms with van der Waals surface area (Å²) in [4.78, 5) is 16.6. The Labute approximate surface area is 108 Å². The zero-order valence-corrected chi connectivity index (χ0v) is 10.4. The highest BCUT2D eigenvalue weighted by molar-refractivity contribution is 5.97. The van der Waals surface area contributed by atoms with Crippen molar-refractivity contribution in [3.63, 3.8) is 0 Å². The smallest absolute Gasteiger partial charge is 0.365 e. The zero-order valence-electron chi connectivity index (χ0n) is 10.4. The van der Waals surface area contributed by atoms with Gasteiger partial charge in [0.1, 0.15) is 11.5 Å². The highest BCUT2D eigenvalue weighted by Crippen LogP contribution is 2.32. The number of hydrogen-bond donors (Lipinski definition) is 1. The van der Waals surface area contributed by atoms with Gasteiger partial charge in [-0.05, 0) is 24.5 Å². The Kier molecular flexibility index (Phi) is 3.38. The molecular formula is C12H14F3N3O. The molecule has 1 fully saturated rings. The Morgan fingerprint density at radius 1 is 1.47 bits per heavy atom. The molecule has 0 radical (unpaired) electrons. The molecule has 4 nitrogen and oxygen atoms in total. The first kappa shape index (κ1) is 13.6. The van der Waals surface area contributed by atoms with Crippen LogP contribution in [0.1, 0.15) is 29.4 Å². The molecule has 0 saturated carbocycles. The van der Waals surface area contributed by atoms with E-state index in [4.69, 9.17) is 5.73 Å². The Morgan fingerprint density at radius 3 is 2.63 bits per heavy atom. The summed E-state index contributed by atoms with van der Waals surface area (Å²) in [6.07, 6.45) is -3.67. The second-order valence-corrected chi connectivity index (χ2v) is 4.77. The van der Waals surface area contributed by atoms with E-state index in [0.717, 1.165) is 18.6 Å². The molecule has 7 heteroatoms. The highest BCUT2D eigenvalue weighted by atomic mass is 19.4. The lowest BCUT2D eigenvalue weighted by atomic mass is 10.2. The summed E-state index contributed by atoms with van der Waals surface area (Å²) in [5.74, 6) is -0.375. The van der Waals surface area contributed by atoms with Crippen LogP contribution in [-0.4, -0.2) is 24.0 Å². The Balaban J connectivity index is 2.45. The number of carbonyl (C=O) groups is 1. The fourth-order valence-corrected chi connectivity index (χ4v) is 2.17. The van der Waals surface area contributed by atoms with Gasteiger partial charge in [0.05, 0.1) is 5.56 Å². The molecule has 19 heavy (non-hydrogen) atoms. The van der Waals surface area contributed by atoms with Gasteiger partial charge in [0.2, 0.25) is 0 Å². The Hall–Kier alpha value is -1.79. The average molecular weight is 273 g/mol. The highest BCUT2D eigenvalue weighted by Gasteiger charge is 2.34. The number of pyridine rings is 1.